The molecule has 1 heterocycles. The highest BCUT2D eigenvalue weighted by molar-refractivity contribution is 7.73. The van der Waals surface area contributed by atoms with Gasteiger partial charge >= 0.3 is 0 Å². The second-order valence-electron chi connectivity index (χ2n) is 7.47. The van der Waals surface area contributed by atoms with Crippen molar-refractivity contribution in [2.45, 2.75) is 24.5 Å². The Morgan fingerprint density at radius 1 is 0.759 bits per heavy atom. The maximum Gasteiger partial charge on any atom is 0.213 e. The van der Waals surface area contributed by atoms with E-state index in [1.165, 1.54) is 21.7 Å². The molecule has 1 unspecified atom stereocenters. The lowest BCUT2D eigenvalue weighted by atomic mass is 10.1. The minimum absolute atomic E-state index is 0.105. The zero-order chi connectivity index (χ0) is 19.5. The van der Waals surface area contributed by atoms with Gasteiger partial charge in [-0.25, -0.2) is 4.99 Å². The molecule has 1 aliphatic carbocycles. The molecule has 1 aliphatic heterocycles. The summed E-state index contributed by atoms with van der Waals surface area (Å²) in [5.74, 6) is 0.862. The average Bonchev–Trinajstić information content (AvgIpc) is 3.46. The van der Waals surface area contributed by atoms with Crippen molar-refractivity contribution < 1.29 is 4.74 Å². The number of aliphatic imine (C=N–C) groups is 1. The molecule has 3 aromatic carbocycles. The molecule has 2 aliphatic rings. The number of hydrogen-bond acceptors (Lipinski definition) is 2. The van der Waals surface area contributed by atoms with E-state index >= 15 is 0 Å². The molecule has 144 valence electrons. The smallest absolute Gasteiger partial charge is 0.213 e. The first-order chi connectivity index (χ1) is 14.4. The van der Waals surface area contributed by atoms with Gasteiger partial charge in [0.25, 0.3) is 0 Å². The molecule has 0 saturated heterocycles. The van der Waals surface area contributed by atoms with E-state index in [4.69, 9.17) is 9.73 Å². The molecule has 0 fully saturated rings. The fourth-order valence-electron chi connectivity index (χ4n) is 4.25. The highest BCUT2D eigenvalue weighted by atomic mass is 31.1. The van der Waals surface area contributed by atoms with Crippen molar-refractivity contribution in [3.63, 3.8) is 0 Å². The van der Waals surface area contributed by atoms with E-state index < -0.39 is 7.92 Å². The fourth-order valence-corrected chi connectivity index (χ4v) is 7.16. The molecule has 0 amide bonds. The van der Waals surface area contributed by atoms with Gasteiger partial charge in [-0.15, -0.1) is 0 Å². The quantitative estimate of drug-likeness (QED) is 0.530. The second kappa shape index (κ2) is 8.35. The molecular formula is C26H24NOP. The Balaban J connectivity index is 1.49. The van der Waals surface area contributed by atoms with Crippen LogP contribution in [0.15, 0.2) is 108 Å². The van der Waals surface area contributed by atoms with E-state index in [-0.39, 0.29) is 6.04 Å². The third-order valence-electron chi connectivity index (χ3n) is 5.63. The molecule has 0 N–H and O–H groups in total. The third kappa shape index (κ3) is 3.78. The van der Waals surface area contributed by atoms with Crippen molar-refractivity contribution in [1.82, 2.24) is 0 Å². The minimum atomic E-state index is -0.505. The molecule has 2 nitrogen and oxygen atoms in total. The maximum absolute atomic E-state index is 6.15. The molecule has 2 atom stereocenters. The molecule has 3 heteroatoms. The van der Waals surface area contributed by atoms with Gasteiger partial charge in [0.1, 0.15) is 12.6 Å². The number of benzene rings is 3. The van der Waals surface area contributed by atoms with E-state index in [1.807, 2.05) is 6.07 Å². The lowest BCUT2D eigenvalue weighted by molar-refractivity contribution is 0.318. The van der Waals surface area contributed by atoms with Crippen molar-refractivity contribution in [3.05, 3.63) is 108 Å². The molecule has 0 saturated carbocycles. The fraction of sp³-hybridized carbons (Fsp3) is 0.192. The molecule has 3 aromatic rings. The van der Waals surface area contributed by atoms with E-state index in [0.717, 1.165) is 18.7 Å². The molecule has 0 bridgehead atoms. The second-order valence-corrected chi connectivity index (χ2v) is 9.86. The zero-order valence-electron chi connectivity index (χ0n) is 16.3. The van der Waals surface area contributed by atoms with Gasteiger partial charge in [-0.1, -0.05) is 97.1 Å². The Morgan fingerprint density at radius 2 is 1.34 bits per heavy atom. The highest BCUT2D eigenvalue weighted by Gasteiger charge is 2.35. The normalized spacial score (nSPS) is 21.0. The van der Waals surface area contributed by atoms with Gasteiger partial charge in [0.05, 0.1) is 0 Å². The standard InChI is InChI=1S/C26H24NOP/c1-4-11-20(12-5-1)24-19-28-26(27-24)23-17-10-18-25(23)29(21-13-6-2-7-14-21)22-15-8-3-9-16-22/h1-9,11-17,24-25H,10,18-19H2/t24-,25?/m0/s1. The van der Waals surface area contributed by atoms with Crippen molar-refractivity contribution in [2.75, 3.05) is 6.61 Å². The van der Waals surface area contributed by atoms with Crippen LogP contribution < -0.4 is 10.6 Å². The largest absolute Gasteiger partial charge is 0.475 e. The molecule has 0 spiro atoms. The lowest BCUT2D eigenvalue weighted by Gasteiger charge is -2.27. The number of rotatable bonds is 5. The van der Waals surface area contributed by atoms with Crippen LogP contribution in [0.5, 0.6) is 0 Å². The first-order valence-corrected chi connectivity index (χ1v) is 11.7. The van der Waals surface area contributed by atoms with Crippen LogP contribution in [0.3, 0.4) is 0 Å². The monoisotopic (exact) mass is 397 g/mol. The predicted molar refractivity (Wildman–Crippen MR) is 123 cm³/mol. The van der Waals surface area contributed by atoms with Crippen LogP contribution in [-0.2, 0) is 4.74 Å². The van der Waals surface area contributed by atoms with Gasteiger partial charge in [0.15, 0.2) is 0 Å². The van der Waals surface area contributed by atoms with Crippen LogP contribution in [-0.4, -0.2) is 18.2 Å². The summed E-state index contributed by atoms with van der Waals surface area (Å²) >= 11 is 0. The SMILES string of the molecule is C1=C(C2=N[C@H](c3ccccc3)CO2)C(P(c2ccccc2)c2ccccc2)CC1. The first-order valence-electron chi connectivity index (χ1n) is 10.3. The lowest BCUT2D eigenvalue weighted by Crippen LogP contribution is -2.24. The van der Waals surface area contributed by atoms with Gasteiger partial charge in [-0.05, 0) is 36.9 Å². The number of nitrogens with zero attached hydrogens (tertiary/aromatic N) is 1. The van der Waals surface area contributed by atoms with Gasteiger partial charge in [-0.3, -0.25) is 0 Å². The van der Waals surface area contributed by atoms with E-state index in [2.05, 4.69) is 91.0 Å². The zero-order valence-corrected chi connectivity index (χ0v) is 17.2. The summed E-state index contributed by atoms with van der Waals surface area (Å²) in [5.41, 5.74) is 2.98. The summed E-state index contributed by atoms with van der Waals surface area (Å²) in [6.45, 7) is 0.637. The van der Waals surface area contributed by atoms with Crippen molar-refractivity contribution >= 4 is 24.4 Å². The van der Waals surface area contributed by atoms with Crippen LogP contribution in [0.1, 0.15) is 24.4 Å². The van der Waals surface area contributed by atoms with Gasteiger partial charge in [-0.2, -0.15) is 0 Å². The maximum atomic E-state index is 6.15. The van der Waals surface area contributed by atoms with Crippen molar-refractivity contribution in [1.29, 1.82) is 0 Å². The summed E-state index contributed by atoms with van der Waals surface area (Å²) in [6.07, 6.45) is 4.61. The van der Waals surface area contributed by atoms with Gasteiger partial charge < -0.3 is 4.74 Å². The van der Waals surface area contributed by atoms with Crippen LogP contribution in [0, 0.1) is 0 Å². The average molecular weight is 397 g/mol. The summed E-state index contributed by atoms with van der Waals surface area (Å²) in [5, 5.41) is 2.84. The van der Waals surface area contributed by atoms with E-state index in [1.54, 1.807) is 0 Å². The Bertz CT molecular complexity index is 975. The minimum Gasteiger partial charge on any atom is -0.475 e. The first kappa shape index (κ1) is 18.3. The molecule has 5 rings (SSSR count). The number of allylic oxidation sites excluding steroid dienone is 1. The van der Waals surface area contributed by atoms with E-state index in [9.17, 15) is 0 Å². The Kier molecular flexibility index (Phi) is 5.28. The predicted octanol–water partition coefficient (Wildman–Crippen LogP) is 5.38. The third-order valence-corrected chi connectivity index (χ3v) is 8.49. The Labute approximate surface area is 173 Å². The molecule has 0 aromatic heterocycles. The number of ether oxygens (including phenoxy) is 1. The number of hydrogen-bond donors (Lipinski definition) is 0. The highest BCUT2D eigenvalue weighted by Crippen LogP contribution is 2.49. The molecule has 29 heavy (non-hydrogen) atoms. The van der Waals surface area contributed by atoms with Crippen molar-refractivity contribution in [2.24, 2.45) is 4.99 Å². The van der Waals surface area contributed by atoms with Crippen LogP contribution in [0.4, 0.5) is 0 Å². The summed E-state index contributed by atoms with van der Waals surface area (Å²) in [6, 6.07) is 32.5. The summed E-state index contributed by atoms with van der Waals surface area (Å²) in [7, 11) is -0.505. The molecular weight excluding hydrogens is 373 g/mol. The van der Waals surface area contributed by atoms with Crippen LogP contribution in [0.25, 0.3) is 0 Å². The van der Waals surface area contributed by atoms with E-state index in [0.29, 0.717) is 12.3 Å². The summed E-state index contributed by atoms with van der Waals surface area (Å²) in [4.78, 5) is 5.00. The van der Waals surface area contributed by atoms with Gasteiger partial charge in [0, 0.05) is 11.2 Å². The topological polar surface area (TPSA) is 21.6 Å². The van der Waals surface area contributed by atoms with Crippen LogP contribution >= 0.6 is 7.92 Å². The molecule has 0 radical (unpaired) electrons. The van der Waals surface area contributed by atoms with Crippen molar-refractivity contribution in [3.8, 4) is 0 Å². The van der Waals surface area contributed by atoms with Gasteiger partial charge in [0.2, 0.25) is 5.90 Å². The van der Waals surface area contributed by atoms with Crippen LogP contribution in [0.2, 0.25) is 0 Å². The summed E-state index contributed by atoms with van der Waals surface area (Å²) < 4.78 is 6.15. The Morgan fingerprint density at radius 3 is 1.97 bits per heavy atom. The Hall–Kier alpha value is -2.70.